The first-order chi connectivity index (χ1) is 13.6. The van der Waals surface area contributed by atoms with E-state index in [2.05, 4.69) is 20.3 Å². The van der Waals surface area contributed by atoms with Gasteiger partial charge < -0.3 is 24.3 Å². The van der Waals surface area contributed by atoms with Crippen LogP contribution < -0.4 is 5.32 Å². The van der Waals surface area contributed by atoms with E-state index in [1.807, 2.05) is 18.4 Å². The van der Waals surface area contributed by atoms with Crippen LogP contribution in [0.15, 0.2) is 12.7 Å². The zero-order chi connectivity index (χ0) is 19.3. The van der Waals surface area contributed by atoms with Gasteiger partial charge in [0.15, 0.2) is 29.0 Å². The van der Waals surface area contributed by atoms with Crippen LogP contribution >= 0.6 is 0 Å². The van der Waals surface area contributed by atoms with Gasteiger partial charge in [-0.1, -0.05) is 12.8 Å². The summed E-state index contributed by atoms with van der Waals surface area (Å²) >= 11 is 0. The zero-order valence-corrected chi connectivity index (χ0v) is 16.1. The second kappa shape index (κ2) is 6.75. The van der Waals surface area contributed by atoms with E-state index in [4.69, 9.17) is 14.2 Å². The smallest absolute Gasteiger partial charge is 0.167 e. The molecule has 0 aromatic carbocycles. The molecule has 1 unspecified atom stereocenters. The number of rotatable bonds is 5. The molecule has 0 radical (unpaired) electrons. The van der Waals surface area contributed by atoms with Crippen molar-refractivity contribution in [1.29, 1.82) is 0 Å². The van der Waals surface area contributed by atoms with Gasteiger partial charge in [-0.2, -0.15) is 0 Å². The maximum Gasteiger partial charge on any atom is 0.167 e. The Bertz CT molecular complexity index is 878. The number of hydrogen-bond donors (Lipinski definition) is 1. The van der Waals surface area contributed by atoms with Crippen molar-refractivity contribution in [2.75, 3.05) is 5.32 Å². The van der Waals surface area contributed by atoms with Crippen molar-refractivity contribution in [3.63, 3.8) is 0 Å². The van der Waals surface area contributed by atoms with E-state index in [1.165, 1.54) is 12.8 Å². The number of fused-ring (bicyclic) bond motifs is 2. The minimum Gasteiger partial charge on any atom is -0.365 e. The molecule has 3 fully saturated rings. The number of aldehydes is 1. The molecule has 4 atom stereocenters. The van der Waals surface area contributed by atoms with Gasteiger partial charge in [0.1, 0.15) is 24.8 Å². The molecule has 28 heavy (non-hydrogen) atoms. The van der Waals surface area contributed by atoms with Gasteiger partial charge in [-0.25, -0.2) is 15.0 Å². The van der Waals surface area contributed by atoms with Crippen molar-refractivity contribution in [1.82, 2.24) is 19.5 Å². The Morgan fingerprint density at radius 3 is 2.79 bits per heavy atom. The molecule has 2 saturated heterocycles. The number of hydrogen-bond acceptors (Lipinski definition) is 8. The summed E-state index contributed by atoms with van der Waals surface area (Å²) in [6.45, 7) is 3.75. The molecule has 2 aromatic rings. The number of aromatic nitrogens is 4. The summed E-state index contributed by atoms with van der Waals surface area (Å²) < 4.78 is 20.1. The lowest BCUT2D eigenvalue weighted by atomic mass is 10.1. The number of nitrogens with zero attached hydrogens (tertiary/aromatic N) is 4. The molecule has 3 aliphatic rings. The first-order valence-electron chi connectivity index (χ1n) is 9.94. The van der Waals surface area contributed by atoms with Crippen molar-refractivity contribution in [3.05, 3.63) is 12.7 Å². The average Bonchev–Trinajstić information content (AvgIpc) is 3.41. The first kappa shape index (κ1) is 18.0. The highest BCUT2D eigenvalue weighted by molar-refractivity contribution is 5.82. The van der Waals surface area contributed by atoms with E-state index in [0.717, 1.165) is 24.9 Å². The standard InChI is InChI=1S/C19H25N5O4/c1-19(2)27-14-12(7-8-25)26-18(15(14)28-19)24-10-22-13-16(20-9-21-17(13)24)23-11-5-3-4-6-11/h8-12,14-15,18H,3-7H2,1-2H3,(H,20,21,23)/t12-,14+,15?,18-/m1/s1. The predicted octanol–water partition coefficient (Wildman–Crippen LogP) is 2.19. The van der Waals surface area contributed by atoms with E-state index >= 15 is 0 Å². The highest BCUT2D eigenvalue weighted by Crippen LogP contribution is 2.44. The van der Waals surface area contributed by atoms with Crippen molar-refractivity contribution in [2.24, 2.45) is 0 Å². The number of carbonyl (C=O) groups excluding carboxylic acids is 1. The third-order valence-corrected chi connectivity index (χ3v) is 5.78. The van der Waals surface area contributed by atoms with Crippen LogP contribution in [0.5, 0.6) is 0 Å². The van der Waals surface area contributed by atoms with Gasteiger partial charge in [-0.3, -0.25) is 4.57 Å². The third kappa shape index (κ3) is 2.98. The first-order valence-corrected chi connectivity index (χ1v) is 9.94. The number of ether oxygens (including phenoxy) is 3. The lowest BCUT2D eigenvalue weighted by Gasteiger charge is -2.24. The van der Waals surface area contributed by atoms with Gasteiger partial charge in [0, 0.05) is 12.5 Å². The van der Waals surface area contributed by atoms with Gasteiger partial charge in [-0.15, -0.1) is 0 Å². The zero-order valence-electron chi connectivity index (χ0n) is 16.1. The summed E-state index contributed by atoms with van der Waals surface area (Å²) in [7, 11) is 0. The Balaban J connectivity index is 1.48. The molecule has 4 heterocycles. The summed E-state index contributed by atoms with van der Waals surface area (Å²) in [6, 6.07) is 0.430. The minimum absolute atomic E-state index is 0.257. The van der Waals surface area contributed by atoms with E-state index in [0.29, 0.717) is 17.2 Å². The molecule has 5 rings (SSSR count). The van der Waals surface area contributed by atoms with E-state index in [1.54, 1.807) is 12.7 Å². The van der Waals surface area contributed by atoms with Crippen molar-refractivity contribution >= 4 is 23.3 Å². The predicted molar refractivity (Wildman–Crippen MR) is 99.6 cm³/mol. The summed E-state index contributed by atoms with van der Waals surface area (Å²) in [4.78, 5) is 24.5. The molecule has 9 nitrogen and oxygen atoms in total. The number of carbonyl (C=O) groups is 1. The maximum absolute atomic E-state index is 11.1. The molecule has 1 saturated carbocycles. The summed E-state index contributed by atoms with van der Waals surface area (Å²) in [6.07, 6.45) is 7.69. The Kier molecular flexibility index (Phi) is 4.33. The topological polar surface area (TPSA) is 100 Å². The minimum atomic E-state index is -0.723. The number of imidazole rings is 1. The number of anilines is 1. The van der Waals surface area contributed by atoms with Crippen molar-refractivity contribution in [2.45, 2.75) is 82.3 Å². The van der Waals surface area contributed by atoms with Crippen LogP contribution in [0, 0.1) is 0 Å². The highest BCUT2D eigenvalue weighted by Gasteiger charge is 2.55. The van der Waals surface area contributed by atoms with Gasteiger partial charge in [0.2, 0.25) is 0 Å². The van der Waals surface area contributed by atoms with Crippen LogP contribution in [-0.4, -0.2) is 55.9 Å². The molecule has 0 spiro atoms. The van der Waals surface area contributed by atoms with Gasteiger partial charge in [0.25, 0.3) is 0 Å². The second-order valence-corrected chi connectivity index (χ2v) is 8.20. The van der Waals surface area contributed by atoms with Crippen LogP contribution in [0.4, 0.5) is 5.82 Å². The van der Waals surface area contributed by atoms with Crippen LogP contribution in [0.2, 0.25) is 0 Å². The second-order valence-electron chi connectivity index (χ2n) is 8.20. The molecule has 0 amide bonds. The Morgan fingerprint density at radius 2 is 2.00 bits per heavy atom. The molecule has 9 heteroatoms. The molecular formula is C19H25N5O4. The normalized spacial score (nSPS) is 32.1. The van der Waals surface area contributed by atoms with E-state index < -0.39 is 12.0 Å². The summed E-state index contributed by atoms with van der Waals surface area (Å²) in [5.74, 6) is 0.0255. The monoisotopic (exact) mass is 387 g/mol. The fraction of sp³-hybridized carbons (Fsp3) is 0.684. The van der Waals surface area contributed by atoms with Crippen LogP contribution in [-0.2, 0) is 19.0 Å². The number of nitrogens with one attached hydrogen (secondary N) is 1. The lowest BCUT2D eigenvalue weighted by Crippen LogP contribution is -2.29. The maximum atomic E-state index is 11.1. The van der Waals surface area contributed by atoms with Crippen LogP contribution in [0.3, 0.4) is 0 Å². The lowest BCUT2D eigenvalue weighted by molar-refractivity contribution is -0.196. The van der Waals surface area contributed by atoms with E-state index in [9.17, 15) is 4.79 Å². The summed E-state index contributed by atoms with van der Waals surface area (Å²) in [5.41, 5.74) is 1.39. The Hall–Kier alpha value is -2.10. The molecular weight excluding hydrogens is 362 g/mol. The van der Waals surface area contributed by atoms with Crippen LogP contribution in [0.25, 0.3) is 11.2 Å². The van der Waals surface area contributed by atoms with Crippen molar-refractivity contribution < 1.29 is 19.0 Å². The fourth-order valence-electron chi connectivity index (χ4n) is 4.57. The largest absolute Gasteiger partial charge is 0.365 e. The molecule has 0 bridgehead atoms. The summed E-state index contributed by atoms with van der Waals surface area (Å²) in [5, 5.41) is 3.51. The van der Waals surface area contributed by atoms with Gasteiger partial charge >= 0.3 is 0 Å². The van der Waals surface area contributed by atoms with Crippen molar-refractivity contribution in [3.8, 4) is 0 Å². The SMILES string of the molecule is CC1(C)OC2[C@@H](O1)[C@@H](CC=O)O[C@H]2n1cnc2c(NC3CCCC3)ncnc21. The Labute approximate surface area is 162 Å². The molecule has 1 aliphatic carbocycles. The fourth-order valence-corrected chi connectivity index (χ4v) is 4.57. The Morgan fingerprint density at radius 1 is 1.21 bits per heavy atom. The average molecular weight is 387 g/mol. The quantitative estimate of drug-likeness (QED) is 0.779. The van der Waals surface area contributed by atoms with Crippen LogP contribution in [0.1, 0.15) is 52.2 Å². The highest BCUT2D eigenvalue weighted by atomic mass is 16.8. The van der Waals surface area contributed by atoms with Gasteiger partial charge in [0.05, 0.1) is 12.4 Å². The third-order valence-electron chi connectivity index (χ3n) is 5.78. The van der Waals surface area contributed by atoms with Gasteiger partial charge in [-0.05, 0) is 26.7 Å². The van der Waals surface area contributed by atoms with E-state index in [-0.39, 0.29) is 24.7 Å². The molecule has 150 valence electrons. The molecule has 2 aromatic heterocycles. The molecule has 1 N–H and O–H groups in total. The molecule has 2 aliphatic heterocycles.